The second kappa shape index (κ2) is 47.6. The van der Waals surface area contributed by atoms with Crippen LogP contribution in [0, 0.1) is 0 Å². The Morgan fingerprint density at radius 3 is 0.920 bits per heavy atom. The Bertz CT molecular complexity index is 4100. The first kappa shape index (κ1) is 115. The van der Waals surface area contributed by atoms with Gasteiger partial charge in [-0.1, -0.05) is 0 Å². The van der Waals surface area contributed by atoms with Gasteiger partial charge in [0.2, 0.25) is 35.4 Å². The molecule has 0 radical (unpaired) electrons. The van der Waals surface area contributed by atoms with E-state index in [1.54, 1.807) is 0 Å². The number of ether oxygens (including phenoxy) is 15. The van der Waals surface area contributed by atoms with E-state index in [1.807, 2.05) is 0 Å². The Kier molecular flexibility index (Phi) is 39.9. The van der Waals surface area contributed by atoms with Crippen molar-refractivity contribution in [3.05, 3.63) is 0 Å². The van der Waals surface area contributed by atoms with E-state index in [0.29, 0.717) is 6.92 Å². The fourth-order valence-electron chi connectivity index (χ4n) is 17.3. The van der Waals surface area contributed by atoms with Crippen molar-refractivity contribution in [1.29, 1.82) is 0 Å². The summed E-state index contributed by atoms with van der Waals surface area (Å²) < 4.78 is 87.8. The van der Waals surface area contributed by atoms with Gasteiger partial charge in [-0.2, -0.15) is 0 Å². The summed E-state index contributed by atoms with van der Waals surface area (Å²) in [6, 6.07) is -12.6. The van der Waals surface area contributed by atoms with Crippen molar-refractivity contribution in [3.8, 4) is 0 Å². The number of carbonyl (C=O) groups excluding carboxylic acids is 6. The van der Waals surface area contributed by atoms with E-state index >= 15 is 0 Å². The fourth-order valence-corrected chi connectivity index (χ4v) is 17.3. The lowest BCUT2D eigenvalue weighted by Crippen LogP contribution is -2.73. The van der Waals surface area contributed by atoms with Crippen LogP contribution in [0.1, 0.15) is 73.6 Å². The van der Waals surface area contributed by atoms with E-state index in [1.165, 1.54) is 0 Å². The summed E-state index contributed by atoms with van der Waals surface area (Å²) in [5.41, 5.74) is 0. The molecule has 62 heteroatoms. The number of carboxylic acids is 5. The molecule has 8 saturated heterocycles. The van der Waals surface area contributed by atoms with Crippen LogP contribution in [-0.2, 0) is 124 Å². The van der Waals surface area contributed by atoms with Gasteiger partial charge in [-0.15, -0.1) is 0 Å². The van der Waals surface area contributed by atoms with E-state index in [4.69, 9.17) is 71.1 Å². The van der Waals surface area contributed by atoms with Crippen LogP contribution in [0.3, 0.4) is 0 Å². The van der Waals surface area contributed by atoms with Crippen molar-refractivity contribution in [2.75, 3.05) is 52.9 Å². The maximum atomic E-state index is 14.4. The molecule has 6 amide bonds. The topological polar surface area (TPSA) is 1010 Å². The normalized spacial score (nSPS) is 40.9. The molecule has 8 rings (SSSR count). The molecule has 45 atom stereocenters. The van der Waals surface area contributed by atoms with Gasteiger partial charge in [0.05, 0.1) is 114 Å². The molecule has 36 N–H and O–H groups in total. The highest BCUT2D eigenvalue weighted by Gasteiger charge is 2.68. The second-order valence-electron chi connectivity index (χ2n) is 34.0. The first-order valence-electron chi connectivity index (χ1n) is 42.3. The first-order chi connectivity index (χ1) is 63.9. The summed E-state index contributed by atoms with van der Waals surface area (Å²) >= 11 is 0. The molecule has 0 unspecified atom stereocenters. The standard InChI is InChI=1S/C75H120N6O56/c1-20(89)76-39-26(95)7-71(66(113)114,131-56(39)45(103)31(100)12-82)123-19-38-51(109)55(128-65-53(111)61(48(106)34(15-85)125-65)136-74(69(119)120)10-29(98)41(78-22(3)91)58(133-74)47(105)33(102)14-84)44(81-25(6)94)64(126-38)127-54-37(18-88)124-63(112)52(110)62(54)137-75(70(121)122)11-30(99)43(80-24(5)93)60(135-75)50(108)36(17-87)130-73(68(117)118)9-28(97)42(79-23(4)92)59(134-73)49(107)35(16-86)129-72(67(115)116)8-27(96)40(77-21(2)90)57(132-72)46(104)32(101)13-83/h26-65,82-88,95-112H,7-19H2,1-6H3,(H,76,89)(H,77,90)(H,78,91)(H,79,92)(H,80,93)(H,81,94)(H,113,114)(H,115,116)(H,117,118)(H,119,120)(H,121,122)/t26-,27-,28-,29-,30-,31+,32+,33+,34+,35+,36+,37+,38+,39+,40+,41+,42+,43+,44+,45+,46+,47+,48-,49+,50+,51-,52+,53+,54+,55+,56+,57+,58+,59+,60+,61-,62+,63+,64-,65-,71+,72+,73+,74-,75-/m0/s1. The van der Waals surface area contributed by atoms with Crippen LogP contribution in [0.4, 0.5) is 0 Å². The largest absolute Gasteiger partial charge is 0.477 e. The molecule has 137 heavy (non-hydrogen) atoms. The van der Waals surface area contributed by atoms with Crippen molar-refractivity contribution in [2.45, 2.75) is 347 Å². The SMILES string of the molecule is CC(=O)N[C@H]1[C@H](O[C@H]2[C@H](O[C@]3(C(=O)O)C[C@H](O)[C@@H](NC(C)=O)[C@H]([C@H](O)[C@@H](CO)O[C@]4(C(=O)O)C[C@H](O)[C@@H](NC(C)=O)[C@H]([C@H](O)[C@@H](CO)O[C@]5(C(=O)O)C[C@H](O)[C@@H](NC(C)=O)[C@H]([C@H](O)[C@H](O)CO)O5)O4)O3)[C@@H](O)[C@H](O)O[C@@H]2CO)O[C@H](CO[C@]2(C(=O)O)C[C@H](O)[C@@H](NC(C)=O)[C@H]([C@H](O)[C@H](O)CO)O2)[C@H](O)[C@@H]1O[C@@H]1O[C@H](CO)[C@H](O)[C@H](O[C@]2(C(=O)O)C[C@H](O)[C@@H](NC(C)=O)[C@H]([C@H](O)[C@H](O)CO)O2)[C@H]1O. The van der Waals surface area contributed by atoms with E-state index < -0.39 is 424 Å². The molecular formula is C75H120N6O56. The third-order valence-electron chi connectivity index (χ3n) is 24.0. The summed E-state index contributed by atoms with van der Waals surface area (Å²) in [5, 5.41) is 351. The summed E-state index contributed by atoms with van der Waals surface area (Å²) in [6.07, 6.45) is -94.5. The molecule has 0 aliphatic carbocycles. The minimum Gasteiger partial charge on any atom is -0.477 e. The minimum atomic E-state index is -3.90. The number of carbonyl (C=O) groups is 11. The van der Waals surface area contributed by atoms with Gasteiger partial charge in [0.25, 0.3) is 28.9 Å². The van der Waals surface area contributed by atoms with E-state index in [0.717, 1.165) is 34.6 Å². The monoisotopic (exact) mass is 2000 g/mol. The molecule has 62 nitrogen and oxygen atoms in total. The van der Waals surface area contributed by atoms with Crippen LogP contribution in [-0.4, -0.2) is 545 Å². The average molecular weight is 2000 g/mol. The number of nitrogens with one attached hydrogen (secondary N) is 6. The van der Waals surface area contributed by atoms with Gasteiger partial charge in [-0.05, 0) is 0 Å². The van der Waals surface area contributed by atoms with E-state index in [-0.39, 0.29) is 0 Å². The van der Waals surface area contributed by atoms with Crippen molar-refractivity contribution >= 4 is 65.3 Å². The maximum Gasteiger partial charge on any atom is 0.364 e. The van der Waals surface area contributed by atoms with Crippen molar-refractivity contribution in [2.24, 2.45) is 0 Å². The molecule has 8 fully saturated rings. The van der Waals surface area contributed by atoms with Crippen molar-refractivity contribution in [1.82, 2.24) is 31.9 Å². The number of hydrogen-bond acceptors (Lipinski definition) is 51. The van der Waals surface area contributed by atoms with Gasteiger partial charge in [-0.25, -0.2) is 24.0 Å². The smallest absolute Gasteiger partial charge is 0.364 e. The van der Waals surface area contributed by atoms with Gasteiger partial charge < -0.3 is 256 Å². The number of amides is 6. The Balaban J connectivity index is 1.22. The fraction of sp³-hybridized carbons (Fsp3) is 0.853. The predicted octanol–water partition coefficient (Wildman–Crippen LogP) is -21.6. The molecule has 0 bridgehead atoms. The Hall–Kier alpha value is -7.43. The van der Waals surface area contributed by atoms with Crippen LogP contribution in [0.15, 0.2) is 0 Å². The van der Waals surface area contributed by atoms with Crippen molar-refractivity contribution in [3.63, 3.8) is 0 Å². The lowest BCUT2D eigenvalue weighted by molar-refractivity contribution is -0.397. The molecule has 0 aromatic carbocycles. The van der Waals surface area contributed by atoms with E-state index in [2.05, 4.69) is 31.9 Å². The van der Waals surface area contributed by atoms with Crippen LogP contribution in [0.25, 0.3) is 0 Å². The summed E-state index contributed by atoms with van der Waals surface area (Å²) in [6.45, 7) is -7.08. The Labute approximate surface area is 771 Å². The van der Waals surface area contributed by atoms with Gasteiger partial charge in [0.15, 0.2) is 18.9 Å². The zero-order chi connectivity index (χ0) is 103. The first-order valence-corrected chi connectivity index (χ1v) is 42.3. The maximum absolute atomic E-state index is 14.4. The zero-order valence-corrected chi connectivity index (χ0v) is 73.3. The zero-order valence-electron chi connectivity index (χ0n) is 73.3. The van der Waals surface area contributed by atoms with Crippen molar-refractivity contribution < 1.29 is 277 Å². The third-order valence-corrected chi connectivity index (χ3v) is 24.0. The Morgan fingerprint density at radius 2 is 0.599 bits per heavy atom. The number of rotatable bonds is 43. The summed E-state index contributed by atoms with van der Waals surface area (Å²) in [7, 11) is 0. The van der Waals surface area contributed by atoms with Gasteiger partial charge >= 0.3 is 29.8 Å². The van der Waals surface area contributed by atoms with Crippen LogP contribution < -0.4 is 31.9 Å². The number of aliphatic hydroxyl groups excluding tert-OH is 25. The lowest BCUT2D eigenvalue weighted by atomic mass is 9.86. The molecule has 8 heterocycles. The van der Waals surface area contributed by atoms with E-state index in [9.17, 15) is 206 Å². The molecule has 0 spiro atoms. The predicted molar refractivity (Wildman–Crippen MR) is 420 cm³/mol. The highest BCUT2D eigenvalue weighted by molar-refractivity contribution is 5.80. The number of carboxylic acid groups (broad SMARTS) is 5. The molecule has 8 aliphatic rings. The lowest BCUT2D eigenvalue weighted by Gasteiger charge is -2.53. The van der Waals surface area contributed by atoms with Gasteiger partial charge in [0, 0.05) is 73.6 Å². The molecule has 786 valence electrons. The van der Waals surface area contributed by atoms with Crippen LogP contribution in [0.2, 0.25) is 0 Å². The molecule has 0 aromatic heterocycles. The van der Waals surface area contributed by atoms with Crippen LogP contribution >= 0.6 is 0 Å². The van der Waals surface area contributed by atoms with Crippen LogP contribution in [0.5, 0.6) is 0 Å². The van der Waals surface area contributed by atoms with Gasteiger partial charge in [0.1, 0.15) is 165 Å². The Morgan fingerprint density at radius 1 is 0.314 bits per heavy atom. The number of aliphatic carboxylic acids is 5. The minimum absolute atomic E-state index is 0.708. The summed E-state index contributed by atoms with van der Waals surface area (Å²) in [4.78, 5) is 146. The average Bonchev–Trinajstić information content (AvgIpc) is 0.761. The quantitative estimate of drug-likeness (QED) is 0.0270. The second-order valence-corrected chi connectivity index (χ2v) is 34.0. The molecule has 0 saturated carbocycles. The number of aliphatic hydroxyl groups is 25. The molecule has 0 aromatic rings. The molecule has 8 aliphatic heterocycles. The number of hydrogen-bond donors (Lipinski definition) is 36. The summed E-state index contributed by atoms with van der Waals surface area (Å²) in [5.74, 6) is -36.5. The van der Waals surface area contributed by atoms with Gasteiger partial charge in [-0.3, -0.25) is 28.8 Å². The highest BCUT2D eigenvalue weighted by Crippen LogP contribution is 2.46. The highest BCUT2D eigenvalue weighted by atomic mass is 16.8. The molecular weight excluding hydrogens is 1880 g/mol. The third kappa shape index (κ3) is 25.4.